The van der Waals surface area contributed by atoms with Crippen molar-refractivity contribution in [2.75, 3.05) is 11.9 Å². The smallest absolute Gasteiger partial charge is 0.315 e. The Kier molecular flexibility index (Phi) is 7.45. The normalized spacial score (nSPS) is 9.86. The van der Waals surface area contributed by atoms with Crippen molar-refractivity contribution < 1.29 is 19.5 Å². The minimum absolute atomic E-state index is 0.0221. The number of rotatable bonds is 8. The van der Waals surface area contributed by atoms with Crippen LogP contribution >= 0.6 is 0 Å². The van der Waals surface area contributed by atoms with E-state index in [0.717, 1.165) is 12.0 Å². The first-order valence-corrected chi connectivity index (χ1v) is 7.13. The third-order valence-corrected chi connectivity index (χ3v) is 2.79. The van der Waals surface area contributed by atoms with Crippen LogP contribution in [0.5, 0.6) is 0 Å². The molecule has 4 N–H and O–H groups in total. The summed E-state index contributed by atoms with van der Waals surface area (Å²) >= 11 is 0. The van der Waals surface area contributed by atoms with E-state index in [2.05, 4.69) is 16.0 Å². The van der Waals surface area contributed by atoms with Crippen LogP contribution in [0.4, 0.5) is 10.5 Å². The van der Waals surface area contributed by atoms with Crippen LogP contribution in [-0.2, 0) is 16.1 Å². The average molecular weight is 307 g/mol. The first-order valence-electron chi connectivity index (χ1n) is 7.13. The Morgan fingerprint density at radius 2 is 1.73 bits per heavy atom. The van der Waals surface area contributed by atoms with Gasteiger partial charge in [-0.15, -0.1) is 0 Å². The largest absolute Gasteiger partial charge is 0.481 e. The number of carbonyl (C=O) groups excluding carboxylic acids is 2. The molecular formula is C15H21N3O4. The van der Waals surface area contributed by atoms with Crippen molar-refractivity contribution in [1.29, 1.82) is 0 Å². The van der Waals surface area contributed by atoms with Gasteiger partial charge in [-0.2, -0.15) is 0 Å². The second-order valence-electron chi connectivity index (χ2n) is 4.75. The maximum absolute atomic E-state index is 11.4. The van der Waals surface area contributed by atoms with Crippen LogP contribution in [0.2, 0.25) is 0 Å². The van der Waals surface area contributed by atoms with Gasteiger partial charge in [-0.05, 0) is 24.1 Å². The standard InChI is InChI=1S/C15H21N3O4/c1-2-3-13(19)18-12-6-4-11(5-7-12)10-17-15(22)16-9-8-14(20)21/h4-7H,2-3,8-10H2,1H3,(H,18,19)(H,20,21)(H2,16,17,22). The fourth-order valence-corrected chi connectivity index (χ4v) is 1.68. The van der Waals surface area contributed by atoms with E-state index in [4.69, 9.17) is 5.11 Å². The zero-order valence-electron chi connectivity index (χ0n) is 12.5. The maximum Gasteiger partial charge on any atom is 0.315 e. The third-order valence-electron chi connectivity index (χ3n) is 2.79. The summed E-state index contributed by atoms with van der Waals surface area (Å²) in [4.78, 5) is 33.2. The molecule has 0 saturated carbocycles. The van der Waals surface area contributed by atoms with Crippen LogP contribution in [0, 0.1) is 0 Å². The van der Waals surface area contributed by atoms with Crippen LogP contribution in [0.15, 0.2) is 24.3 Å². The van der Waals surface area contributed by atoms with Gasteiger partial charge in [0.2, 0.25) is 5.91 Å². The van der Waals surface area contributed by atoms with Crippen molar-refractivity contribution in [3.05, 3.63) is 29.8 Å². The first-order chi connectivity index (χ1) is 10.5. The first kappa shape index (κ1) is 17.5. The van der Waals surface area contributed by atoms with Crippen molar-refractivity contribution in [2.45, 2.75) is 32.7 Å². The summed E-state index contributed by atoms with van der Waals surface area (Å²) in [5.74, 6) is -0.979. The van der Waals surface area contributed by atoms with Gasteiger partial charge in [0.15, 0.2) is 0 Å². The predicted molar refractivity (Wildman–Crippen MR) is 82.5 cm³/mol. The lowest BCUT2D eigenvalue weighted by Crippen LogP contribution is -2.36. The number of urea groups is 1. The molecule has 0 aromatic heterocycles. The Morgan fingerprint density at radius 3 is 2.32 bits per heavy atom. The number of benzene rings is 1. The van der Waals surface area contributed by atoms with Crippen molar-refractivity contribution >= 4 is 23.6 Å². The van der Waals surface area contributed by atoms with Crippen molar-refractivity contribution in [2.24, 2.45) is 0 Å². The molecule has 0 unspecified atom stereocenters. The summed E-state index contributed by atoms with van der Waals surface area (Å²) < 4.78 is 0. The lowest BCUT2D eigenvalue weighted by molar-refractivity contribution is -0.136. The van der Waals surface area contributed by atoms with Gasteiger partial charge in [0, 0.05) is 25.2 Å². The Hall–Kier alpha value is -2.57. The van der Waals surface area contributed by atoms with Crippen LogP contribution in [0.1, 0.15) is 31.7 Å². The number of carboxylic acids is 1. The molecule has 0 spiro atoms. The molecule has 0 aliphatic rings. The van der Waals surface area contributed by atoms with Crippen molar-refractivity contribution in [1.82, 2.24) is 10.6 Å². The highest BCUT2D eigenvalue weighted by Gasteiger charge is 2.03. The van der Waals surface area contributed by atoms with E-state index >= 15 is 0 Å². The SMILES string of the molecule is CCCC(=O)Nc1ccc(CNC(=O)NCCC(=O)O)cc1. The number of carboxylic acid groups (broad SMARTS) is 1. The minimum atomic E-state index is -0.957. The van der Waals surface area contributed by atoms with E-state index in [1.54, 1.807) is 24.3 Å². The molecule has 120 valence electrons. The van der Waals surface area contributed by atoms with Gasteiger partial charge in [0.25, 0.3) is 0 Å². The summed E-state index contributed by atoms with van der Waals surface area (Å²) in [5, 5.41) is 16.3. The Morgan fingerprint density at radius 1 is 1.05 bits per heavy atom. The van der Waals surface area contributed by atoms with Crippen molar-refractivity contribution in [3.63, 3.8) is 0 Å². The average Bonchev–Trinajstić information content (AvgIpc) is 2.46. The van der Waals surface area contributed by atoms with Gasteiger partial charge in [0.1, 0.15) is 0 Å². The molecule has 0 aliphatic heterocycles. The van der Waals surface area contributed by atoms with Crippen LogP contribution < -0.4 is 16.0 Å². The summed E-state index contributed by atoms with van der Waals surface area (Å²) in [6.07, 6.45) is 1.17. The number of nitrogens with one attached hydrogen (secondary N) is 3. The lowest BCUT2D eigenvalue weighted by atomic mass is 10.2. The maximum atomic E-state index is 11.4. The van der Waals surface area contributed by atoms with Gasteiger partial charge in [-0.3, -0.25) is 9.59 Å². The molecule has 1 aromatic carbocycles. The number of carbonyl (C=O) groups is 3. The monoisotopic (exact) mass is 307 g/mol. The minimum Gasteiger partial charge on any atom is -0.481 e. The Bertz CT molecular complexity index is 514. The van der Waals surface area contributed by atoms with Gasteiger partial charge < -0.3 is 21.1 Å². The fourth-order valence-electron chi connectivity index (χ4n) is 1.68. The van der Waals surface area contributed by atoms with Crippen molar-refractivity contribution in [3.8, 4) is 0 Å². The third kappa shape index (κ3) is 7.28. The van der Waals surface area contributed by atoms with Crippen LogP contribution in [-0.4, -0.2) is 29.6 Å². The van der Waals surface area contributed by atoms with E-state index in [0.29, 0.717) is 18.7 Å². The fraction of sp³-hybridized carbons (Fsp3) is 0.400. The summed E-state index contributed by atoms with van der Waals surface area (Å²) in [6, 6.07) is 6.74. The number of hydrogen-bond donors (Lipinski definition) is 4. The molecule has 0 saturated heterocycles. The van der Waals surface area contributed by atoms with E-state index in [1.807, 2.05) is 6.92 Å². The summed E-state index contributed by atoms with van der Waals surface area (Å²) in [7, 11) is 0. The molecule has 7 nitrogen and oxygen atoms in total. The molecule has 1 rings (SSSR count). The second kappa shape index (κ2) is 9.38. The molecular weight excluding hydrogens is 286 g/mol. The molecule has 0 fully saturated rings. The second-order valence-corrected chi connectivity index (χ2v) is 4.75. The molecule has 0 atom stereocenters. The summed E-state index contributed by atoms with van der Waals surface area (Å²) in [5.41, 5.74) is 1.59. The van der Waals surface area contributed by atoms with E-state index in [1.165, 1.54) is 0 Å². The molecule has 7 heteroatoms. The van der Waals surface area contributed by atoms with Gasteiger partial charge in [-0.25, -0.2) is 4.79 Å². The lowest BCUT2D eigenvalue weighted by Gasteiger charge is -2.08. The van der Waals surface area contributed by atoms with Gasteiger partial charge >= 0.3 is 12.0 Å². The molecule has 0 bridgehead atoms. The van der Waals surface area contributed by atoms with Gasteiger partial charge in [-0.1, -0.05) is 19.1 Å². The number of amides is 3. The Labute approximate surface area is 129 Å². The molecule has 3 amide bonds. The van der Waals surface area contributed by atoms with Gasteiger partial charge in [0.05, 0.1) is 6.42 Å². The predicted octanol–water partition coefficient (Wildman–Crippen LogP) is 1.70. The topological polar surface area (TPSA) is 108 Å². The molecule has 22 heavy (non-hydrogen) atoms. The number of anilines is 1. The molecule has 0 aliphatic carbocycles. The zero-order valence-corrected chi connectivity index (χ0v) is 12.5. The quantitative estimate of drug-likeness (QED) is 0.586. The number of hydrogen-bond acceptors (Lipinski definition) is 3. The molecule has 1 aromatic rings. The van der Waals surface area contributed by atoms with Crippen LogP contribution in [0.25, 0.3) is 0 Å². The highest BCUT2D eigenvalue weighted by molar-refractivity contribution is 5.90. The Balaban J connectivity index is 2.33. The molecule has 0 heterocycles. The van der Waals surface area contributed by atoms with Crippen LogP contribution in [0.3, 0.4) is 0 Å². The zero-order chi connectivity index (χ0) is 16.4. The summed E-state index contributed by atoms with van der Waals surface area (Å²) in [6.45, 7) is 2.35. The van der Waals surface area contributed by atoms with E-state index in [9.17, 15) is 14.4 Å². The molecule has 0 radical (unpaired) electrons. The van der Waals surface area contributed by atoms with E-state index < -0.39 is 12.0 Å². The highest BCUT2D eigenvalue weighted by atomic mass is 16.4. The van der Waals surface area contributed by atoms with E-state index in [-0.39, 0.29) is 18.9 Å². The number of aliphatic carboxylic acids is 1. The highest BCUT2D eigenvalue weighted by Crippen LogP contribution is 2.10.